The standard InChI is InChI=1S/C17H26N4O5S/c1-13-3-5-15(6-4-13)27(24,25)19-10-9-18-16(22)20-14-7-11-21(12-8-14)17(23)26-2/h3-6,14,19H,7-12H2,1-2H3,(H2,18,20,22). The van der Waals surface area contributed by atoms with Crippen LogP contribution in [0, 0.1) is 6.92 Å². The van der Waals surface area contributed by atoms with E-state index in [1.165, 1.54) is 7.11 Å². The minimum atomic E-state index is -3.59. The van der Waals surface area contributed by atoms with Crippen LogP contribution in [0.5, 0.6) is 0 Å². The van der Waals surface area contributed by atoms with Crippen LogP contribution in [0.15, 0.2) is 29.2 Å². The summed E-state index contributed by atoms with van der Waals surface area (Å²) in [7, 11) is -2.25. The summed E-state index contributed by atoms with van der Waals surface area (Å²) in [5, 5.41) is 5.45. The molecule has 27 heavy (non-hydrogen) atoms. The van der Waals surface area contributed by atoms with Crippen LogP contribution in [0.25, 0.3) is 0 Å². The Balaban J connectivity index is 1.66. The minimum Gasteiger partial charge on any atom is -0.453 e. The Morgan fingerprint density at radius 1 is 1.15 bits per heavy atom. The Kier molecular flexibility index (Phi) is 7.43. The van der Waals surface area contributed by atoms with Gasteiger partial charge < -0.3 is 20.3 Å². The highest BCUT2D eigenvalue weighted by Gasteiger charge is 2.24. The Morgan fingerprint density at radius 3 is 2.37 bits per heavy atom. The van der Waals surface area contributed by atoms with E-state index in [1.807, 2.05) is 6.92 Å². The van der Waals surface area contributed by atoms with Crippen LogP contribution in [0.3, 0.4) is 0 Å². The van der Waals surface area contributed by atoms with Crippen molar-refractivity contribution in [1.29, 1.82) is 0 Å². The zero-order chi connectivity index (χ0) is 19.9. The fourth-order valence-electron chi connectivity index (χ4n) is 2.73. The van der Waals surface area contributed by atoms with Gasteiger partial charge in [-0.15, -0.1) is 0 Å². The monoisotopic (exact) mass is 398 g/mol. The van der Waals surface area contributed by atoms with Gasteiger partial charge >= 0.3 is 12.1 Å². The largest absolute Gasteiger partial charge is 0.453 e. The zero-order valence-corrected chi connectivity index (χ0v) is 16.3. The maximum atomic E-state index is 12.1. The molecule has 150 valence electrons. The van der Waals surface area contributed by atoms with Crippen molar-refractivity contribution in [3.8, 4) is 0 Å². The molecule has 0 unspecified atom stereocenters. The van der Waals surface area contributed by atoms with E-state index in [2.05, 4.69) is 20.1 Å². The highest BCUT2D eigenvalue weighted by Crippen LogP contribution is 2.11. The molecule has 3 N–H and O–H groups in total. The van der Waals surface area contributed by atoms with E-state index < -0.39 is 10.0 Å². The van der Waals surface area contributed by atoms with Gasteiger partial charge in [0.2, 0.25) is 10.0 Å². The SMILES string of the molecule is COC(=O)N1CCC(NC(=O)NCCNS(=O)(=O)c2ccc(C)cc2)CC1. The van der Waals surface area contributed by atoms with Crippen LogP contribution in [0.1, 0.15) is 18.4 Å². The topological polar surface area (TPSA) is 117 Å². The third-order valence-corrected chi connectivity index (χ3v) is 5.77. The van der Waals surface area contributed by atoms with Crippen LogP contribution in [0.2, 0.25) is 0 Å². The number of rotatable bonds is 6. The highest BCUT2D eigenvalue weighted by atomic mass is 32.2. The van der Waals surface area contributed by atoms with Crippen molar-refractivity contribution in [2.24, 2.45) is 0 Å². The molecule has 1 aromatic carbocycles. The van der Waals surface area contributed by atoms with Gasteiger partial charge in [-0.2, -0.15) is 0 Å². The third-order valence-electron chi connectivity index (χ3n) is 4.30. The lowest BCUT2D eigenvalue weighted by molar-refractivity contribution is 0.110. The summed E-state index contributed by atoms with van der Waals surface area (Å²) >= 11 is 0. The molecule has 0 saturated carbocycles. The van der Waals surface area contributed by atoms with E-state index in [1.54, 1.807) is 29.2 Å². The van der Waals surface area contributed by atoms with Crippen LogP contribution in [-0.4, -0.2) is 64.8 Å². The second-order valence-corrected chi connectivity index (χ2v) is 8.11. The van der Waals surface area contributed by atoms with Crippen LogP contribution >= 0.6 is 0 Å². The highest BCUT2D eigenvalue weighted by molar-refractivity contribution is 7.89. The number of amides is 3. The van der Waals surface area contributed by atoms with E-state index >= 15 is 0 Å². The molecule has 2 rings (SSSR count). The predicted octanol–water partition coefficient (Wildman–Crippen LogP) is 0.803. The summed E-state index contributed by atoms with van der Waals surface area (Å²) in [5.41, 5.74) is 0.977. The first-order valence-electron chi connectivity index (χ1n) is 8.75. The van der Waals surface area contributed by atoms with Crippen molar-refractivity contribution in [1.82, 2.24) is 20.3 Å². The Morgan fingerprint density at radius 2 is 1.78 bits per heavy atom. The number of aryl methyl sites for hydroxylation is 1. The maximum Gasteiger partial charge on any atom is 0.409 e. The molecule has 9 nitrogen and oxygen atoms in total. The number of likely N-dealkylation sites (tertiary alicyclic amines) is 1. The summed E-state index contributed by atoms with van der Waals surface area (Å²) in [6.07, 6.45) is 0.921. The Hall–Kier alpha value is -2.33. The molecule has 1 saturated heterocycles. The molecule has 0 radical (unpaired) electrons. The van der Waals surface area contributed by atoms with E-state index in [9.17, 15) is 18.0 Å². The number of benzene rings is 1. The summed E-state index contributed by atoms with van der Waals surface area (Å²) in [6.45, 7) is 3.18. The average molecular weight is 398 g/mol. The molecule has 1 aliphatic heterocycles. The average Bonchev–Trinajstić information content (AvgIpc) is 2.65. The van der Waals surface area contributed by atoms with Crippen molar-refractivity contribution in [3.63, 3.8) is 0 Å². The van der Waals surface area contributed by atoms with Crippen molar-refractivity contribution >= 4 is 22.1 Å². The van der Waals surface area contributed by atoms with E-state index in [-0.39, 0.29) is 36.2 Å². The number of ether oxygens (including phenoxy) is 1. The van der Waals surface area contributed by atoms with E-state index in [0.717, 1.165) is 5.56 Å². The lowest BCUT2D eigenvalue weighted by Gasteiger charge is -2.31. The van der Waals surface area contributed by atoms with Gasteiger partial charge in [-0.25, -0.2) is 22.7 Å². The molecule has 1 heterocycles. The normalized spacial score (nSPS) is 15.3. The van der Waals surface area contributed by atoms with Crippen LogP contribution in [0.4, 0.5) is 9.59 Å². The second kappa shape index (κ2) is 9.56. The smallest absolute Gasteiger partial charge is 0.409 e. The molecule has 0 spiro atoms. The van der Waals surface area contributed by atoms with Crippen molar-refractivity contribution in [2.45, 2.75) is 30.7 Å². The number of hydrogen-bond acceptors (Lipinski definition) is 5. The van der Waals surface area contributed by atoms with Crippen LogP contribution < -0.4 is 15.4 Å². The first-order chi connectivity index (χ1) is 12.8. The van der Waals surface area contributed by atoms with Gasteiger partial charge in [0.25, 0.3) is 0 Å². The summed E-state index contributed by atoms with van der Waals surface area (Å²) < 4.78 is 31.4. The second-order valence-electron chi connectivity index (χ2n) is 6.34. The number of carbonyl (C=O) groups excluding carboxylic acids is 2. The van der Waals surface area contributed by atoms with E-state index in [0.29, 0.717) is 25.9 Å². The fourth-order valence-corrected chi connectivity index (χ4v) is 3.77. The van der Waals surface area contributed by atoms with Crippen molar-refractivity contribution in [3.05, 3.63) is 29.8 Å². The summed E-state index contributed by atoms with van der Waals surface area (Å²) in [6, 6.07) is 6.14. The van der Waals surface area contributed by atoms with Gasteiger partial charge in [0.1, 0.15) is 0 Å². The van der Waals surface area contributed by atoms with Gasteiger partial charge in [0.05, 0.1) is 12.0 Å². The number of piperidine rings is 1. The van der Waals surface area contributed by atoms with Gasteiger partial charge in [0, 0.05) is 32.2 Å². The molecule has 1 fully saturated rings. The van der Waals surface area contributed by atoms with E-state index in [4.69, 9.17) is 0 Å². The summed E-state index contributed by atoms with van der Waals surface area (Å²) in [5.74, 6) is 0. The molecule has 0 atom stereocenters. The molecule has 3 amide bonds. The number of nitrogens with zero attached hydrogens (tertiary/aromatic N) is 1. The first kappa shape index (κ1) is 21.0. The number of nitrogens with one attached hydrogen (secondary N) is 3. The predicted molar refractivity (Wildman–Crippen MR) is 99.9 cm³/mol. The van der Waals surface area contributed by atoms with Gasteiger partial charge in [-0.3, -0.25) is 0 Å². The number of methoxy groups -OCH3 is 1. The molecule has 1 aromatic rings. The van der Waals surface area contributed by atoms with Crippen LogP contribution in [-0.2, 0) is 14.8 Å². The van der Waals surface area contributed by atoms with Crippen molar-refractivity contribution in [2.75, 3.05) is 33.3 Å². The minimum absolute atomic E-state index is 0.0323. The first-order valence-corrected chi connectivity index (χ1v) is 10.2. The lowest BCUT2D eigenvalue weighted by atomic mass is 10.1. The zero-order valence-electron chi connectivity index (χ0n) is 15.5. The summed E-state index contributed by atoms with van der Waals surface area (Å²) in [4.78, 5) is 25.1. The van der Waals surface area contributed by atoms with Gasteiger partial charge in [-0.1, -0.05) is 17.7 Å². The number of sulfonamides is 1. The number of urea groups is 1. The molecule has 0 bridgehead atoms. The molecule has 1 aliphatic rings. The van der Waals surface area contributed by atoms with Gasteiger partial charge in [0.15, 0.2) is 0 Å². The third kappa shape index (κ3) is 6.40. The molecule has 0 aromatic heterocycles. The van der Waals surface area contributed by atoms with Gasteiger partial charge in [-0.05, 0) is 31.9 Å². The lowest BCUT2D eigenvalue weighted by Crippen LogP contribution is -2.49. The van der Waals surface area contributed by atoms with Crippen molar-refractivity contribution < 1.29 is 22.7 Å². The number of carbonyl (C=O) groups is 2. The molecule has 10 heteroatoms. The Bertz CT molecular complexity index is 743. The quantitative estimate of drug-likeness (QED) is 0.613. The molecular formula is C17H26N4O5S. The molecule has 0 aliphatic carbocycles. The Labute approximate surface area is 159 Å². The number of hydrogen-bond donors (Lipinski definition) is 3. The maximum absolute atomic E-state index is 12.1. The molecular weight excluding hydrogens is 372 g/mol. The fraction of sp³-hybridized carbons (Fsp3) is 0.529.